The number of carbonyl (C=O) groups is 1. The predicted molar refractivity (Wildman–Crippen MR) is 137 cm³/mol. The zero-order chi connectivity index (χ0) is 21.9. The van der Waals surface area contributed by atoms with Crippen molar-refractivity contribution in [2.45, 2.75) is 19.4 Å². The van der Waals surface area contributed by atoms with Crippen LogP contribution in [0.25, 0.3) is 0 Å². The van der Waals surface area contributed by atoms with Crippen LogP contribution in [-0.2, 0) is 22.6 Å². The molecule has 2 aromatic carbocycles. The first-order chi connectivity index (χ1) is 15.1. The zero-order valence-electron chi connectivity index (χ0n) is 18.5. The fourth-order valence-corrected chi connectivity index (χ4v) is 3.64. The van der Waals surface area contributed by atoms with E-state index < -0.39 is 5.91 Å². The monoisotopic (exact) mass is 552 g/mol. The molecule has 174 valence electrons. The standard InChI is InChI=1S/C24H32N4O3.HI/c1-26-24(27-13-11-19-7-9-22(10-8-19)31-18-23(25)29)28-14-12-21(15-28)17-30-16-20-5-3-2-4-6-20;/h2-10,21H,11-18H2,1H3,(H2,25,29)(H,26,27);1H. The Balaban J connectivity index is 0.00000363. The first kappa shape index (κ1) is 25.9. The molecule has 1 atom stereocenters. The van der Waals surface area contributed by atoms with Gasteiger partial charge in [0.25, 0.3) is 5.91 Å². The second-order valence-electron chi connectivity index (χ2n) is 7.72. The molecule has 8 heteroatoms. The average molecular weight is 552 g/mol. The number of nitrogens with zero attached hydrogens (tertiary/aromatic N) is 2. The molecule has 0 aliphatic carbocycles. The van der Waals surface area contributed by atoms with Crippen LogP contribution in [0.2, 0.25) is 0 Å². The lowest BCUT2D eigenvalue weighted by atomic mass is 10.1. The van der Waals surface area contributed by atoms with Crippen LogP contribution in [0.4, 0.5) is 0 Å². The number of amides is 1. The number of halogens is 1. The smallest absolute Gasteiger partial charge is 0.255 e. The van der Waals surface area contributed by atoms with E-state index in [0.29, 0.717) is 18.3 Å². The van der Waals surface area contributed by atoms with Gasteiger partial charge in [0.05, 0.1) is 13.2 Å². The number of ether oxygens (including phenoxy) is 2. The van der Waals surface area contributed by atoms with E-state index in [0.717, 1.165) is 45.0 Å². The highest BCUT2D eigenvalue weighted by molar-refractivity contribution is 14.0. The van der Waals surface area contributed by atoms with Gasteiger partial charge in [-0.05, 0) is 36.1 Å². The van der Waals surface area contributed by atoms with Crippen molar-refractivity contribution in [2.75, 3.05) is 39.9 Å². The van der Waals surface area contributed by atoms with Crippen molar-refractivity contribution in [1.29, 1.82) is 0 Å². The number of likely N-dealkylation sites (tertiary alicyclic amines) is 1. The number of hydrogen-bond acceptors (Lipinski definition) is 4. The third-order valence-electron chi connectivity index (χ3n) is 5.26. The summed E-state index contributed by atoms with van der Waals surface area (Å²) in [6.45, 7) is 4.07. The van der Waals surface area contributed by atoms with Crippen molar-refractivity contribution in [2.24, 2.45) is 16.6 Å². The van der Waals surface area contributed by atoms with Crippen LogP contribution in [0, 0.1) is 5.92 Å². The predicted octanol–water partition coefficient (Wildman–Crippen LogP) is 2.83. The van der Waals surface area contributed by atoms with Crippen LogP contribution in [0.3, 0.4) is 0 Å². The van der Waals surface area contributed by atoms with E-state index in [1.165, 1.54) is 11.1 Å². The van der Waals surface area contributed by atoms with Crippen LogP contribution in [-0.4, -0.2) is 56.7 Å². The number of rotatable bonds is 10. The van der Waals surface area contributed by atoms with Crippen LogP contribution in [0.1, 0.15) is 17.5 Å². The summed E-state index contributed by atoms with van der Waals surface area (Å²) in [5.74, 6) is 1.62. The molecule has 1 fully saturated rings. The van der Waals surface area contributed by atoms with Crippen molar-refractivity contribution >= 4 is 35.8 Å². The Morgan fingerprint density at radius 2 is 1.91 bits per heavy atom. The third kappa shape index (κ3) is 8.66. The second-order valence-corrected chi connectivity index (χ2v) is 7.72. The van der Waals surface area contributed by atoms with Gasteiger partial charge in [0.1, 0.15) is 5.75 Å². The van der Waals surface area contributed by atoms with Crippen molar-refractivity contribution in [1.82, 2.24) is 10.2 Å². The van der Waals surface area contributed by atoms with E-state index in [-0.39, 0.29) is 30.6 Å². The van der Waals surface area contributed by atoms with Gasteiger partial charge in [0.2, 0.25) is 0 Å². The largest absolute Gasteiger partial charge is 0.484 e. The second kappa shape index (κ2) is 13.9. The summed E-state index contributed by atoms with van der Waals surface area (Å²) in [7, 11) is 1.83. The Labute approximate surface area is 207 Å². The lowest BCUT2D eigenvalue weighted by Crippen LogP contribution is -2.41. The van der Waals surface area contributed by atoms with E-state index in [4.69, 9.17) is 15.2 Å². The lowest BCUT2D eigenvalue weighted by Gasteiger charge is -2.22. The summed E-state index contributed by atoms with van der Waals surface area (Å²) < 4.78 is 11.2. The Morgan fingerprint density at radius 1 is 1.16 bits per heavy atom. The normalized spacial score (nSPS) is 15.8. The first-order valence-corrected chi connectivity index (χ1v) is 10.7. The van der Waals surface area contributed by atoms with Gasteiger partial charge in [-0.3, -0.25) is 9.79 Å². The Morgan fingerprint density at radius 3 is 2.59 bits per heavy atom. The van der Waals surface area contributed by atoms with E-state index in [1.54, 1.807) is 0 Å². The summed E-state index contributed by atoms with van der Waals surface area (Å²) in [6.07, 6.45) is 1.98. The molecule has 1 aliphatic rings. The lowest BCUT2D eigenvalue weighted by molar-refractivity contribution is -0.119. The number of aliphatic imine (C=N–C) groups is 1. The Bertz CT molecular complexity index is 846. The molecule has 2 aromatic rings. The maximum atomic E-state index is 10.8. The van der Waals surface area contributed by atoms with Gasteiger partial charge in [-0.1, -0.05) is 42.5 Å². The van der Waals surface area contributed by atoms with E-state index >= 15 is 0 Å². The maximum absolute atomic E-state index is 10.8. The molecule has 0 bridgehead atoms. The van der Waals surface area contributed by atoms with Crippen LogP contribution in [0.15, 0.2) is 59.6 Å². The molecule has 0 saturated carbocycles. The van der Waals surface area contributed by atoms with Crippen LogP contribution in [0.5, 0.6) is 5.75 Å². The van der Waals surface area contributed by atoms with Crippen molar-refractivity contribution in [3.63, 3.8) is 0 Å². The number of carbonyl (C=O) groups excluding carboxylic acids is 1. The molecular formula is C24H33IN4O3. The third-order valence-corrected chi connectivity index (χ3v) is 5.26. The number of nitrogens with one attached hydrogen (secondary N) is 1. The Kier molecular flexibility index (Phi) is 11.3. The zero-order valence-corrected chi connectivity index (χ0v) is 20.9. The van der Waals surface area contributed by atoms with Gasteiger partial charge in [0, 0.05) is 32.6 Å². The number of primary amides is 1. The fraction of sp³-hybridized carbons (Fsp3) is 0.417. The van der Waals surface area contributed by atoms with Crippen LogP contribution >= 0.6 is 24.0 Å². The summed E-state index contributed by atoms with van der Waals surface area (Å²) in [5.41, 5.74) is 7.49. The summed E-state index contributed by atoms with van der Waals surface area (Å²) in [5, 5.41) is 3.46. The quantitative estimate of drug-likeness (QED) is 0.269. The fourth-order valence-electron chi connectivity index (χ4n) is 3.64. The number of nitrogens with two attached hydrogens (primary N) is 1. The minimum Gasteiger partial charge on any atom is -0.484 e. The Hall–Kier alpha value is -2.33. The van der Waals surface area contributed by atoms with E-state index in [9.17, 15) is 4.79 Å². The minimum atomic E-state index is -0.480. The molecule has 1 aliphatic heterocycles. The van der Waals surface area contributed by atoms with Crippen LogP contribution < -0.4 is 15.8 Å². The molecule has 1 unspecified atom stereocenters. The molecule has 7 nitrogen and oxygen atoms in total. The first-order valence-electron chi connectivity index (χ1n) is 10.7. The number of guanidine groups is 1. The highest BCUT2D eigenvalue weighted by Crippen LogP contribution is 2.17. The van der Waals surface area contributed by atoms with Crippen molar-refractivity contribution < 1.29 is 14.3 Å². The molecule has 32 heavy (non-hydrogen) atoms. The summed E-state index contributed by atoms with van der Waals surface area (Å²) >= 11 is 0. The molecule has 1 amide bonds. The molecule has 0 spiro atoms. The van der Waals surface area contributed by atoms with Gasteiger partial charge in [-0.25, -0.2) is 0 Å². The van der Waals surface area contributed by atoms with E-state index in [2.05, 4.69) is 27.3 Å². The van der Waals surface area contributed by atoms with E-state index in [1.807, 2.05) is 49.5 Å². The van der Waals surface area contributed by atoms with Gasteiger partial charge in [0.15, 0.2) is 12.6 Å². The summed E-state index contributed by atoms with van der Waals surface area (Å²) in [6, 6.07) is 18.0. The van der Waals surface area contributed by atoms with Gasteiger partial charge in [-0.15, -0.1) is 24.0 Å². The maximum Gasteiger partial charge on any atom is 0.255 e. The molecule has 0 radical (unpaired) electrons. The minimum absolute atomic E-state index is 0. The molecule has 1 saturated heterocycles. The highest BCUT2D eigenvalue weighted by atomic mass is 127. The van der Waals surface area contributed by atoms with Gasteiger partial charge >= 0.3 is 0 Å². The molecule has 3 N–H and O–H groups in total. The summed E-state index contributed by atoms with van der Waals surface area (Å²) in [4.78, 5) is 17.5. The molecular weight excluding hydrogens is 519 g/mol. The van der Waals surface area contributed by atoms with Gasteiger partial charge < -0.3 is 25.4 Å². The van der Waals surface area contributed by atoms with Crippen molar-refractivity contribution in [3.8, 4) is 5.75 Å². The molecule has 3 rings (SSSR count). The highest BCUT2D eigenvalue weighted by Gasteiger charge is 2.24. The number of hydrogen-bond donors (Lipinski definition) is 2. The van der Waals surface area contributed by atoms with Crippen molar-refractivity contribution in [3.05, 3.63) is 65.7 Å². The van der Waals surface area contributed by atoms with Gasteiger partial charge in [-0.2, -0.15) is 0 Å². The topological polar surface area (TPSA) is 89.2 Å². The molecule has 0 aromatic heterocycles. The average Bonchev–Trinajstić information content (AvgIpc) is 3.25. The number of benzene rings is 2. The SMILES string of the molecule is CN=C(NCCc1ccc(OCC(N)=O)cc1)N1CCC(COCc2ccccc2)C1.I. The molecule has 1 heterocycles.